The van der Waals surface area contributed by atoms with Crippen molar-refractivity contribution < 1.29 is 24.5 Å². The van der Waals surface area contributed by atoms with Crippen LogP contribution < -0.4 is 10.4 Å². The van der Waals surface area contributed by atoms with Crippen LogP contribution >= 0.6 is 0 Å². The molecule has 0 aliphatic rings. The second kappa shape index (κ2) is 6.27. The molecule has 1 aromatic rings. The first-order chi connectivity index (χ1) is 9.17. The fraction of sp³-hybridized carbons (Fsp3) is 0.429. The van der Waals surface area contributed by atoms with Crippen molar-refractivity contribution in [1.82, 2.24) is 5.32 Å². The van der Waals surface area contributed by atoms with Crippen molar-refractivity contribution in [2.45, 2.75) is 38.8 Å². The Bertz CT molecular complexity index is 475. The smallest absolute Gasteiger partial charge is 0.408 e. The highest BCUT2D eigenvalue weighted by Gasteiger charge is 2.20. The number of phenols is 1. The Morgan fingerprint density at radius 3 is 2.30 bits per heavy atom. The Balaban J connectivity index is 2.82. The summed E-state index contributed by atoms with van der Waals surface area (Å²) in [6.45, 7) is 5.13. The van der Waals surface area contributed by atoms with Gasteiger partial charge in [0.05, 0.1) is 6.04 Å². The first-order valence-electron chi connectivity index (χ1n) is 6.15. The number of carbonyl (C=O) groups excluding carboxylic acids is 2. The van der Waals surface area contributed by atoms with Gasteiger partial charge in [-0.1, -0.05) is 12.1 Å². The van der Waals surface area contributed by atoms with Crippen molar-refractivity contribution in [3.8, 4) is 5.75 Å². The molecule has 0 unspecified atom stereocenters. The molecule has 1 aromatic carbocycles. The summed E-state index contributed by atoms with van der Waals surface area (Å²) in [4.78, 5) is 22.5. The Morgan fingerprint density at radius 1 is 1.30 bits per heavy atom. The van der Waals surface area contributed by atoms with Crippen molar-refractivity contribution >= 4 is 12.1 Å². The van der Waals surface area contributed by atoms with Gasteiger partial charge in [-0.3, -0.25) is 0 Å². The van der Waals surface area contributed by atoms with Crippen LogP contribution in [0.3, 0.4) is 0 Å². The van der Waals surface area contributed by atoms with Crippen LogP contribution in [0.15, 0.2) is 24.3 Å². The molecule has 1 amide bonds. The number of phenolic OH excluding ortho intramolecular Hbond substituents is 1. The number of ether oxygens (including phenoxy) is 1. The van der Waals surface area contributed by atoms with Gasteiger partial charge in [-0.2, -0.15) is 0 Å². The van der Waals surface area contributed by atoms with E-state index < -0.39 is 23.7 Å². The number of benzene rings is 1. The van der Waals surface area contributed by atoms with Gasteiger partial charge in [0.25, 0.3) is 0 Å². The number of carbonyl (C=O) groups is 2. The topological polar surface area (TPSA) is 98.7 Å². The SMILES string of the molecule is CC(C)(C)OC(=O)N[C@@H](CC(=O)[O-])c1ccc(O)cc1. The Labute approximate surface area is 117 Å². The zero-order valence-corrected chi connectivity index (χ0v) is 11.7. The summed E-state index contributed by atoms with van der Waals surface area (Å²) >= 11 is 0. The molecule has 110 valence electrons. The predicted molar refractivity (Wildman–Crippen MR) is 69.8 cm³/mol. The van der Waals surface area contributed by atoms with Gasteiger partial charge >= 0.3 is 6.09 Å². The van der Waals surface area contributed by atoms with E-state index in [9.17, 15) is 19.8 Å². The summed E-state index contributed by atoms with van der Waals surface area (Å²) in [6, 6.07) is 5.10. The number of alkyl carbamates (subject to hydrolysis) is 1. The average Bonchev–Trinajstić information content (AvgIpc) is 2.25. The van der Waals surface area contributed by atoms with Crippen LogP contribution in [0.4, 0.5) is 4.79 Å². The second-order valence-corrected chi connectivity index (χ2v) is 5.37. The maximum atomic E-state index is 11.7. The molecular formula is C14H18NO5-. The first kappa shape index (κ1) is 15.8. The Kier molecular flexibility index (Phi) is 4.96. The third kappa shape index (κ3) is 5.60. The fourth-order valence-corrected chi connectivity index (χ4v) is 1.58. The number of nitrogens with one attached hydrogen (secondary N) is 1. The Morgan fingerprint density at radius 2 is 1.85 bits per heavy atom. The van der Waals surface area contributed by atoms with E-state index in [0.717, 1.165) is 0 Å². The van der Waals surface area contributed by atoms with Crippen molar-refractivity contribution in [3.63, 3.8) is 0 Å². The van der Waals surface area contributed by atoms with Gasteiger partial charge in [-0.25, -0.2) is 4.79 Å². The van der Waals surface area contributed by atoms with Gasteiger partial charge in [0.15, 0.2) is 0 Å². The molecular weight excluding hydrogens is 262 g/mol. The normalized spacial score (nSPS) is 12.6. The highest BCUT2D eigenvalue weighted by atomic mass is 16.6. The van der Waals surface area contributed by atoms with Crippen LogP contribution in [0.25, 0.3) is 0 Å². The van der Waals surface area contributed by atoms with E-state index >= 15 is 0 Å². The summed E-state index contributed by atoms with van der Waals surface area (Å²) in [6.07, 6.45) is -1.10. The van der Waals surface area contributed by atoms with Gasteiger partial charge in [0.2, 0.25) is 0 Å². The standard InChI is InChI=1S/C14H19NO5/c1-14(2,3)20-13(19)15-11(8-12(17)18)9-4-6-10(16)7-5-9/h4-7,11,16H,8H2,1-3H3,(H,15,19)(H,17,18)/p-1/t11-/m0/s1. The summed E-state index contributed by atoms with van der Waals surface area (Å²) < 4.78 is 5.08. The van der Waals surface area contributed by atoms with Gasteiger partial charge in [-0.15, -0.1) is 0 Å². The monoisotopic (exact) mass is 280 g/mol. The lowest BCUT2D eigenvalue weighted by molar-refractivity contribution is -0.306. The Hall–Kier alpha value is -2.24. The quantitative estimate of drug-likeness (QED) is 0.860. The molecule has 0 heterocycles. The van der Waals surface area contributed by atoms with Crippen LogP contribution in [-0.4, -0.2) is 22.8 Å². The van der Waals surface area contributed by atoms with Crippen molar-refractivity contribution in [2.75, 3.05) is 0 Å². The first-order valence-corrected chi connectivity index (χ1v) is 6.15. The second-order valence-electron chi connectivity index (χ2n) is 5.37. The lowest BCUT2D eigenvalue weighted by Gasteiger charge is -2.24. The maximum Gasteiger partial charge on any atom is 0.408 e. The molecule has 0 aliphatic heterocycles. The number of rotatable bonds is 4. The van der Waals surface area contributed by atoms with E-state index in [4.69, 9.17) is 4.74 Å². The number of hydrogen-bond donors (Lipinski definition) is 2. The minimum Gasteiger partial charge on any atom is -0.550 e. The highest BCUT2D eigenvalue weighted by Crippen LogP contribution is 2.20. The lowest BCUT2D eigenvalue weighted by atomic mass is 10.0. The fourth-order valence-electron chi connectivity index (χ4n) is 1.58. The molecule has 0 saturated heterocycles. The average molecular weight is 280 g/mol. The number of aromatic hydroxyl groups is 1. The van der Waals surface area contributed by atoms with Gasteiger partial charge in [0.1, 0.15) is 11.4 Å². The van der Waals surface area contributed by atoms with E-state index in [1.807, 2.05) is 0 Å². The molecule has 0 radical (unpaired) electrons. The van der Waals surface area contributed by atoms with Gasteiger partial charge in [0, 0.05) is 12.4 Å². The molecule has 0 spiro atoms. The largest absolute Gasteiger partial charge is 0.550 e. The van der Waals surface area contributed by atoms with E-state index in [0.29, 0.717) is 5.56 Å². The van der Waals surface area contributed by atoms with Gasteiger partial charge < -0.3 is 25.1 Å². The summed E-state index contributed by atoms with van der Waals surface area (Å²) in [7, 11) is 0. The number of aliphatic carboxylic acids is 1. The molecule has 20 heavy (non-hydrogen) atoms. The maximum absolute atomic E-state index is 11.7. The molecule has 0 fully saturated rings. The molecule has 6 heteroatoms. The summed E-state index contributed by atoms with van der Waals surface area (Å²) in [5.74, 6) is -1.24. The van der Waals surface area contributed by atoms with Crippen LogP contribution in [-0.2, 0) is 9.53 Å². The highest BCUT2D eigenvalue weighted by molar-refractivity contribution is 5.71. The molecule has 2 N–H and O–H groups in total. The molecule has 0 aromatic heterocycles. The van der Waals surface area contributed by atoms with Crippen molar-refractivity contribution in [1.29, 1.82) is 0 Å². The van der Waals surface area contributed by atoms with Crippen LogP contribution in [0, 0.1) is 0 Å². The summed E-state index contributed by atoms with van der Waals surface area (Å²) in [5, 5.41) is 22.5. The zero-order chi connectivity index (χ0) is 15.3. The van der Waals surface area contributed by atoms with Crippen LogP contribution in [0.1, 0.15) is 38.8 Å². The number of carboxylic acid groups (broad SMARTS) is 1. The van der Waals surface area contributed by atoms with E-state index in [1.165, 1.54) is 24.3 Å². The zero-order valence-electron chi connectivity index (χ0n) is 11.7. The number of amides is 1. The lowest BCUT2D eigenvalue weighted by Crippen LogP contribution is -2.37. The molecule has 1 atom stereocenters. The van der Waals surface area contributed by atoms with Crippen LogP contribution in [0.2, 0.25) is 0 Å². The third-order valence-electron chi connectivity index (χ3n) is 2.36. The van der Waals surface area contributed by atoms with E-state index in [1.54, 1.807) is 20.8 Å². The number of hydrogen-bond acceptors (Lipinski definition) is 5. The predicted octanol–water partition coefficient (Wildman–Crippen LogP) is 1.10. The van der Waals surface area contributed by atoms with Gasteiger partial charge in [-0.05, 0) is 38.5 Å². The minimum atomic E-state index is -1.29. The van der Waals surface area contributed by atoms with Crippen LogP contribution in [0.5, 0.6) is 5.75 Å². The molecule has 0 bridgehead atoms. The minimum absolute atomic E-state index is 0.0539. The molecule has 0 saturated carbocycles. The van der Waals surface area contributed by atoms with Crippen molar-refractivity contribution in [3.05, 3.63) is 29.8 Å². The van der Waals surface area contributed by atoms with E-state index in [2.05, 4.69) is 5.32 Å². The number of carboxylic acids is 1. The molecule has 0 aliphatic carbocycles. The molecule has 1 rings (SSSR count). The van der Waals surface area contributed by atoms with Crippen molar-refractivity contribution in [2.24, 2.45) is 0 Å². The summed E-state index contributed by atoms with van der Waals surface area (Å²) in [5.41, 5.74) is -0.136. The molecule has 6 nitrogen and oxygen atoms in total. The third-order valence-corrected chi connectivity index (χ3v) is 2.36. The van der Waals surface area contributed by atoms with E-state index in [-0.39, 0.29) is 12.2 Å².